The highest BCUT2D eigenvalue weighted by Gasteiger charge is 2.31. The fourth-order valence-electron chi connectivity index (χ4n) is 2.65. The van der Waals surface area contributed by atoms with E-state index in [1.807, 2.05) is 12.1 Å². The number of carbonyl (C=O) groups excluding carboxylic acids is 2. The summed E-state index contributed by atoms with van der Waals surface area (Å²) in [5.41, 5.74) is 0.890. The number of carbonyl (C=O) groups is 2. The molecule has 0 spiro atoms. The molecule has 23 heavy (non-hydrogen) atoms. The van der Waals surface area contributed by atoms with Crippen molar-refractivity contribution in [3.05, 3.63) is 17.7 Å². The predicted molar refractivity (Wildman–Crippen MR) is 88.2 cm³/mol. The summed E-state index contributed by atoms with van der Waals surface area (Å²) in [4.78, 5) is 25.1. The van der Waals surface area contributed by atoms with Gasteiger partial charge in [-0.05, 0) is 17.7 Å². The molecular weight excluding hydrogens is 318 g/mol. The predicted octanol–water partition coefficient (Wildman–Crippen LogP) is 2.09. The highest BCUT2D eigenvalue weighted by Crippen LogP contribution is 2.38. The van der Waals surface area contributed by atoms with Crippen LogP contribution in [0.25, 0.3) is 0 Å². The Balaban J connectivity index is 2.17. The Labute approximate surface area is 140 Å². The molecule has 2 rings (SSSR count). The lowest BCUT2D eigenvalue weighted by molar-refractivity contribution is -0.128. The summed E-state index contributed by atoms with van der Waals surface area (Å²) in [5, 5.41) is 0.0690. The van der Waals surface area contributed by atoms with Crippen LogP contribution >= 0.6 is 11.8 Å². The largest absolute Gasteiger partial charge is 0.493 e. The minimum Gasteiger partial charge on any atom is -0.493 e. The second-order valence-corrected chi connectivity index (χ2v) is 6.72. The third-order valence-corrected chi connectivity index (χ3v) is 4.59. The summed E-state index contributed by atoms with van der Waals surface area (Å²) in [5.74, 6) is 1.69. The van der Waals surface area contributed by atoms with Crippen molar-refractivity contribution in [3.8, 4) is 17.2 Å². The zero-order valence-electron chi connectivity index (χ0n) is 13.8. The number of benzene rings is 1. The smallest absolute Gasteiger partial charge is 0.224 e. The summed E-state index contributed by atoms with van der Waals surface area (Å²) >= 11 is 1.23. The van der Waals surface area contributed by atoms with Gasteiger partial charge in [-0.1, -0.05) is 11.8 Å². The van der Waals surface area contributed by atoms with Gasteiger partial charge in [0.1, 0.15) is 0 Å². The number of hydrogen-bond donors (Lipinski definition) is 0. The molecule has 1 atom stereocenters. The molecule has 1 aromatic rings. The van der Waals surface area contributed by atoms with Crippen molar-refractivity contribution in [1.82, 2.24) is 4.90 Å². The van der Waals surface area contributed by atoms with Gasteiger partial charge in [0.05, 0.1) is 21.3 Å². The molecule has 1 unspecified atom stereocenters. The van der Waals surface area contributed by atoms with Crippen molar-refractivity contribution in [1.29, 1.82) is 0 Å². The fraction of sp³-hybridized carbons (Fsp3) is 0.500. The molecule has 1 heterocycles. The van der Waals surface area contributed by atoms with Crippen LogP contribution in [0.5, 0.6) is 17.2 Å². The third kappa shape index (κ3) is 4.10. The first-order chi connectivity index (χ1) is 11.0. The molecule has 6 nitrogen and oxygen atoms in total. The molecular formula is C16H21NO5S. The van der Waals surface area contributed by atoms with Crippen molar-refractivity contribution in [2.24, 2.45) is 0 Å². The molecule has 0 saturated carbocycles. The number of rotatable bonds is 6. The van der Waals surface area contributed by atoms with Crippen LogP contribution < -0.4 is 14.2 Å². The van der Waals surface area contributed by atoms with Gasteiger partial charge in [-0.15, -0.1) is 0 Å². The van der Waals surface area contributed by atoms with Crippen molar-refractivity contribution in [2.45, 2.75) is 25.1 Å². The maximum Gasteiger partial charge on any atom is 0.224 e. The van der Waals surface area contributed by atoms with Crippen molar-refractivity contribution in [2.75, 3.05) is 27.9 Å². The van der Waals surface area contributed by atoms with E-state index in [0.717, 1.165) is 5.56 Å². The first-order valence-electron chi connectivity index (χ1n) is 7.22. The molecule has 0 bridgehead atoms. The lowest BCUT2D eigenvalue weighted by Crippen LogP contribution is -2.25. The molecule has 1 saturated heterocycles. The van der Waals surface area contributed by atoms with Gasteiger partial charge in [-0.2, -0.15) is 0 Å². The van der Waals surface area contributed by atoms with Crippen molar-refractivity contribution in [3.63, 3.8) is 0 Å². The Kier molecular flexibility index (Phi) is 5.76. The Morgan fingerprint density at radius 2 is 1.83 bits per heavy atom. The maximum absolute atomic E-state index is 12.1. The zero-order valence-corrected chi connectivity index (χ0v) is 14.6. The van der Waals surface area contributed by atoms with E-state index in [2.05, 4.69) is 0 Å². The molecule has 126 valence electrons. The molecule has 1 aromatic carbocycles. The summed E-state index contributed by atoms with van der Waals surface area (Å²) in [6.07, 6.45) is 0.397. The van der Waals surface area contributed by atoms with Gasteiger partial charge in [0, 0.05) is 31.7 Å². The number of methoxy groups -OCH3 is 3. The Morgan fingerprint density at radius 3 is 2.30 bits per heavy atom. The monoisotopic (exact) mass is 339 g/mol. The van der Waals surface area contributed by atoms with Gasteiger partial charge < -0.3 is 19.1 Å². The van der Waals surface area contributed by atoms with E-state index in [4.69, 9.17) is 14.2 Å². The standard InChI is InChI=1S/C16H21NO5S/c1-10(18)23-12-7-15(19)17(9-12)8-11-5-13(20-2)16(22-4)14(6-11)21-3/h5-6,12H,7-9H2,1-4H3. The van der Waals surface area contributed by atoms with E-state index in [9.17, 15) is 9.59 Å². The maximum atomic E-state index is 12.1. The van der Waals surface area contributed by atoms with Crippen LogP contribution in [0.1, 0.15) is 18.9 Å². The van der Waals surface area contributed by atoms with Crippen LogP contribution in [-0.2, 0) is 16.1 Å². The SMILES string of the molecule is COc1cc(CN2CC(SC(C)=O)CC2=O)cc(OC)c1OC. The van der Waals surface area contributed by atoms with E-state index in [0.29, 0.717) is 36.8 Å². The van der Waals surface area contributed by atoms with Crippen LogP contribution in [-0.4, -0.2) is 49.0 Å². The minimum atomic E-state index is 0.0297. The topological polar surface area (TPSA) is 65.1 Å². The van der Waals surface area contributed by atoms with Gasteiger partial charge >= 0.3 is 0 Å². The minimum absolute atomic E-state index is 0.0297. The van der Waals surface area contributed by atoms with Crippen LogP contribution in [0.2, 0.25) is 0 Å². The lowest BCUT2D eigenvalue weighted by atomic mass is 10.1. The van der Waals surface area contributed by atoms with Crippen LogP contribution in [0.15, 0.2) is 12.1 Å². The lowest BCUT2D eigenvalue weighted by Gasteiger charge is -2.19. The van der Waals surface area contributed by atoms with Gasteiger partial charge in [-0.25, -0.2) is 0 Å². The summed E-state index contributed by atoms with van der Waals surface area (Å²) in [6, 6.07) is 3.67. The fourth-order valence-corrected chi connectivity index (χ4v) is 3.60. The van der Waals surface area contributed by atoms with Crippen LogP contribution in [0, 0.1) is 0 Å². The van der Waals surface area contributed by atoms with Crippen molar-refractivity contribution >= 4 is 22.8 Å². The summed E-state index contributed by atoms with van der Waals surface area (Å²) in [6.45, 7) is 2.54. The van der Waals surface area contributed by atoms with E-state index >= 15 is 0 Å². The molecule has 1 amide bonds. The van der Waals surface area contributed by atoms with E-state index in [1.54, 1.807) is 26.2 Å². The summed E-state index contributed by atoms with van der Waals surface area (Å²) in [7, 11) is 4.66. The summed E-state index contributed by atoms with van der Waals surface area (Å²) < 4.78 is 15.9. The van der Waals surface area contributed by atoms with Crippen LogP contribution in [0.4, 0.5) is 0 Å². The van der Waals surface area contributed by atoms with Crippen molar-refractivity contribution < 1.29 is 23.8 Å². The average Bonchev–Trinajstić information content (AvgIpc) is 2.84. The van der Waals surface area contributed by atoms with Crippen LogP contribution in [0.3, 0.4) is 0 Å². The number of amides is 1. The number of thioether (sulfide) groups is 1. The highest BCUT2D eigenvalue weighted by molar-refractivity contribution is 8.14. The van der Waals surface area contributed by atoms with Gasteiger partial charge in [0.15, 0.2) is 16.6 Å². The normalized spacial score (nSPS) is 17.3. The molecule has 7 heteroatoms. The Morgan fingerprint density at radius 1 is 1.22 bits per heavy atom. The molecule has 0 aliphatic carbocycles. The van der Waals surface area contributed by atoms with E-state index in [-0.39, 0.29) is 16.3 Å². The number of ether oxygens (including phenoxy) is 3. The Bertz CT molecular complexity index is 579. The number of hydrogen-bond acceptors (Lipinski definition) is 6. The van der Waals surface area contributed by atoms with Gasteiger partial charge in [-0.3, -0.25) is 9.59 Å². The number of nitrogens with zero attached hydrogens (tertiary/aromatic N) is 1. The average molecular weight is 339 g/mol. The molecule has 0 N–H and O–H groups in total. The first-order valence-corrected chi connectivity index (χ1v) is 8.10. The highest BCUT2D eigenvalue weighted by atomic mass is 32.2. The third-order valence-electron chi connectivity index (χ3n) is 3.61. The first kappa shape index (κ1) is 17.5. The van der Waals surface area contributed by atoms with Gasteiger partial charge in [0.25, 0.3) is 0 Å². The van der Waals surface area contributed by atoms with E-state index < -0.39 is 0 Å². The zero-order chi connectivity index (χ0) is 17.0. The second-order valence-electron chi connectivity index (χ2n) is 5.24. The van der Waals surface area contributed by atoms with E-state index in [1.165, 1.54) is 18.7 Å². The Hall–Kier alpha value is -1.89. The molecule has 0 radical (unpaired) electrons. The molecule has 1 aliphatic heterocycles. The second kappa shape index (κ2) is 7.59. The molecule has 1 aliphatic rings. The number of likely N-dealkylation sites (tertiary alicyclic amines) is 1. The van der Waals surface area contributed by atoms with Gasteiger partial charge in [0.2, 0.25) is 11.7 Å². The molecule has 1 fully saturated rings. The molecule has 0 aromatic heterocycles. The quantitative estimate of drug-likeness (QED) is 0.791.